The molecule has 0 bridgehead atoms. The van der Waals surface area contributed by atoms with Crippen molar-refractivity contribution < 1.29 is 38.2 Å². The van der Waals surface area contributed by atoms with Gasteiger partial charge >= 0.3 is 30.1 Å². The maximum atomic E-state index is 13.5. The summed E-state index contributed by atoms with van der Waals surface area (Å²) in [5.74, 6) is -0.923. The van der Waals surface area contributed by atoms with E-state index in [-0.39, 0.29) is 43.7 Å². The maximum absolute atomic E-state index is 13.5. The molecule has 0 aliphatic carbocycles. The number of methoxy groups -OCH3 is 2. The van der Waals surface area contributed by atoms with Crippen LogP contribution in [0.15, 0.2) is 85.2 Å². The molecule has 0 saturated carbocycles. The lowest BCUT2D eigenvalue weighted by atomic mass is 10.2. The van der Waals surface area contributed by atoms with Crippen molar-refractivity contribution in [2.75, 3.05) is 76.4 Å². The zero-order valence-electron chi connectivity index (χ0n) is 35.2. The Hall–Kier alpha value is -5.68. The minimum atomic E-state index is -0.578. The van der Waals surface area contributed by atoms with Gasteiger partial charge in [0, 0.05) is 86.2 Å². The lowest BCUT2D eigenvalue weighted by Gasteiger charge is -2.38. The third-order valence-corrected chi connectivity index (χ3v) is 9.96. The summed E-state index contributed by atoms with van der Waals surface area (Å²) in [5, 5.41) is 4.41. The Kier molecular flexibility index (Phi) is 18.1. The molecule has 16 nitrogen and oxygen atoms in total. The standard InChI is InChI=1S/C24H29ClN4O5.C19H21ClN4O3.ClH/c1-24(2,3)34-23(32)28-13-11-27(12-14-28)22(31)29(20-9-6-18(25)7-10-20)16-19-8-5-17(15-26-19)21(30)33-4;1-27-18(25)14-2-5-16(22-12-14)13-24(17-6-3-15(20)4-7-17)19(26)23-10-8-21-9-11-23;/h5-10,15H,11-14,16H2,1-4H3;2-7,12,21H,8-11,13H2,1H3;1H. The van der Waals surface area contributed by atoms with Crippen LogP contribution in [0, 0.1) is 0 Å². The highest BCUT2D eigenvalue weighted by Crippen LogP contribution is 2.24. The molecule has 4 aromatic rings. The average molecular weight is 914 g/mol. The van der Waals surface area contributed by atoms with Gasteiger partial charge in [-0.3, -0.25) is 19.8 Å². The summed E-state index contributed by atoms with van der Waals surface area (Å²) in [6.45, 7) is 10.3. The number of halogens is 3. The highest BCUT2D eigenvalue weighted by atomic mass is 35.5. The second-order valence-corrected chi connectivity index (χ2v) is 15.8. The van der Waals surface area contributed by atoms with Gasteiger partial charge in [0.1, 0.15) is 5.60 Å². The number of aromatic nitrogens is 2. The van der Waals surface area contributed by atoms with Crippen LogP contribution in [0.25, 0.3) is 0 Å². The number of pyridine rings is 2. The molecule has 2 aliphatic heterocycles. The minimum Gasteiger partial charge on any atom is -0.465 e. The largest absolute Gasteiger partial charge is 0.465 e. The average Bonchev–Trinajstić information content (AvgIpc) is 3.27. The molecule has 19 heteroatoms. The van der Waals surface area contributed by atoms with Crippen molar-refractivity contribution in [2.45, 2.75) is 39.5 Å². The van der Waals surface area contributed by atoms with Crippen molar-refractivity contribution >= 4 is 77.1 Å². The summed E-state index contributed by atoms with van der Waals surface area (Å²) in [6, 6.07) is 20.4. The molecule has 0 spiro atoms. The quantitative estimate of drug-likeness (QED) is 0.141. The first-order valence-corrected chi connectivity index (χ1v) is 20.3. The van der Waals surface area contributed by atoms with Gasteiger partial charge in [0.15, 0.2) is 0 Å². The SMILES string of the molecule is COC(=O)c1ccc(CN(C(=O)N2CCN(C(=O)OC(C)(C)C)CC2)c2ccc(Cl)cc2)nc1.COC(=O)c1ccc(CN(C(=O)N2CCNCC2)c2ccc(Cl)cc2)nc1.Cl. The van der Waals surface area contributed by atoms with E-state index in [9.17, 15) is 24.0 Å². The molecule has 332 valence electrons. The van der Waals surface area contributed by atoms with Gasteiger partial charge in [0.25, 0.3) is 0 Å². The van der Waals surface area contributed by atoms with Crippen LogP contribution in [0.5, 0.6) is 0 Å². The number of anilines is 2. The molecule has 2 saturated heterocycles. The first kappa shape index (κ1) is 49.0. The summed E-state index contributed by atoms with van der Waals surface area (Å²) in [4.78, 5) is 79.2. The maximum Gasteiger partial charge on any atom is 0.410 e. The van der Waals surface area contributed by atoms with E-state index < -0.39 is 17.5 Å². The molecule has 62 heavy (non-hydrogen) atoms. The lowest BCUT2D eigenvalue weighted by molar-refractivity contribution is 0.0171. The Morgan fingerprint density at radius 3 is 1.35 bits per heavy atom. The van der Waals surface area contributed by atoms with E-state index >= 15 is 0 Å². The van der Waals surface area contributed by atoms with E-state index in [1.54, 1.807) is 80.3 Å². The fourth-order valence-corrected chi connectivity index (χ4v) is 6.47. The van der Waals surface area contributed by atoms with Gasteiger partial charge in [-0.25, -0.2) is 24.0 Å². The number of carbonyl (C=O) groups excluding carboxylic acids is 5. The van der Waals surface area contributed by atoms with E-state index in [2.05, 4.69) is 20.0 Å². The van der Waals surface area contributed by atoms with E-state index in [0.29, 0.717) is 77.5 Å². The fourth-order valence-electron chi connectivity index (χ4n) is 6.22. The van der Waals surface area contributed by atoms with Crippen LogP contribution in [-0.2, 0) is 27.3 Å². The number of nitrogens with zero attached hydrogens (tertiary/aromatic N) is 7. The third-order valence-electron chi connectivity index (χ3n) is 9.46. The van der Waals surface area contributed by atoms with Crippen molar-refractivity contribution in [3.05, 3.63) is 118 Å². The first-order valence-electron chi connectivity index (χ1n) is 19.5. The summed E-state index contributed by atoms with van der Waals surface area (Å²) in [6.07, 6.45) is 2.49. The summed E-state index contributed by atoms with van der Waals surface area (Å²) < 4.78 is 14.8. The first-order chi connectivity index (χ1) is 29.1. The van der Waals surface area contributed by atoms with Gasteiger partial charge in [0.2, 0.25) is 0 Å². The topological polar surface area (TPSA) is 167 Å². The monoisotopic (exact) mass is 912 g/mol. The molecular formula is C43H51Cl3N8O8. The highest BCUT2D eigenvalue weighted by molar-refractivity contribution is 6.31. The van der Waals surface area contributed by atoms with E-state index in [1.165, 1.54) is 26.6 Å². The molecular weight excluding hydrogens is 863 g/mol. The second kappa shape index (κ2) is 23.0. The number of esters is 2. The van der Waals surface area contributed by atoms with Gasteiger partial charge in [-0.05, 0) is 93.6 Å². The van der Waals surface area contributed by atoms with E-state index in [0.717, 1.165) is 18.8 Å². The van der Waals surface area contributed by atoms with Crippen molar-refractivity contribution in [1.29, 1.82) is 0 Å². The number of benzene rings is 2. The Bertz CT molecular complexity index is 2110. The third kappa shape index (κ3) is 13.9. The Morgan fingerprint density at radius 2 is 1.00 bits per heavy atom. The summed E-state index contributed by atoms with van der Waals surface area (Å²) in [7, 11) is 2.63. The molecule has 6 rings (SSSR count). The van der Waals surface area contributed by atoms with Crippen LogP contribution in [0.2, 0.25) is 10.0 Å². The molecule has 0 atom stereocenters. The summed E-state index contributed by atoms with van der Waals surface area (Å²) in [5.41, 5.74) is 2.78. The molecule has 2 aromatic heterocycles. The number of carbonyl (C=O) groups is 5. The van der Waals surface area contributed by atoms with Gasteiger partial charge < -0.3 is 34.2 Å². The minimum absolute atomic E-state index is 0. The molecule has 2 aliphatic rings. The van der Waals surface area contributed by atoms with Crippen LogP contribution < -0.4 is 15.1 Å². The van der Waals surface area contributed by atoms with Crippen LogP contribution in [0.1, 0.15) is 52.9 Å². The molecule has 2 aromatic carbocycles. The zero-order valence-corrected chi connectivity index (χ0v) is 37.5. The van der Waals surface area contributed by atoms with Crippen molar-refractivity contribution in [2.24, 2.45) is 0 Å². The molecule has 4 heterocycles. The smallest absolute Gasteiger partial charge is 0.410 e. The van der Waals surface area contributed by atoms with Crippen molar-refractivity contribution in [3.8, 4) is 0 Å². The molecule has 1 N–H and O–H groups in total. The van der Waals surface area contributed by atoms with Crippen molar-refractivity contribution in [1.82, 2.24) is 30.0 Å². The Morgan fingerprint density at radius 1 is 0.613 bits per heavy atom. The Balaban J connectivity index is 0.000000275. The summed E-state index contributed by atoms with van der Waals surface area (Å²) >= 11 is 12.0. The number of rotatable bonds is 8. The molecule has 0 radical (unpaired) electrons. The zero-order chi connectivity index (χ0) is 44.1. The predicted octanol–water partition coefficient (Wildman–Crippen LogP) is 7.18. The van der Waals surface area contributed by atoms with Crippen molar-refractivity contribution in [3.63, 3.8) is 0 Å². The second-order valence-electron chi connectivity index (χ2n) is 14.9. The van der Waals surface area contributed by atoms with E-state index in [1.807, 2.05) is 37.8 Å². The molecule has 0 unspecified atom stereocenters. The number of hydrogen-bond donors (Lipinski definition) is 1. The lowest BCUT2D eigenvalue weighted by Crippen LogP contribution is -2.54. The Labute approximate surface area is 377 Å². The van der Waals surface area contributed by atoms with Gasteiger partial charge in [-0.2, -0.15) is 0 Å². The predicted molar refractivity (Wildman–Crippen MR) is 238 cm³/mol. The number of urea groups is 2. The van der Waals surface area contributed by atoms with E-state index in [4.69, 9.17) is 32.7 Å². The normalized spacial score (nSPS) is 13.7. The fraction of sp³-hybridized carbons (Fsp3) is 0.372. The number of hydrogen-bond acceptors (Lipinski definition) is 11. The number of ether oxygens (including phenoxy) is 3. The van der Waals surface area contributed by atoms with Crippen LogP contribution in [0.3, 0.4) is 0 Å². The van der Waals surface area contributed by atoms with Crippen LogP contribution in [-0.4, -0.2) is 127 Å². The number of amides is 5. The van der Waals surface area contributed by atoms with Gasteiger partial charge in [0.05, 0.1) is 49.8 Å². The van der Waals surface area contributed by atoms with Gasteiger partial charge in [-0.15, -0.1) is 12.4 Å². The highest BCUT2D eigenvalue weighted by Gasteiger charge is 2.31. The van der Waals surface area contributed by atoms with Gasteiger partial charge in [-0.1, -0.05) is 23.2 Å². The molecule has 5 amide bonds. The van der Waals surface area contributed by atoms with Crippen LogP contribution >= 0.6 is 35.6 Å². The number of piperazine rings is 2. The molecule has 2 fully saturated rings. The van der Waals surface area contributed by atoms with Crippen LogP contribution in [0.4, 0.5) is 25.8 Å². The number of nitrogens with one attached hydrogen (secondary N) is 1.